The molecule has 0 fully saturated rings. The lowest BCUT2D eigenvalue weighted by molar-refractivity contribution is 0.278. The minimum Gasteiger partial charge on any atom is -0.0625 e. The highest BCUT2D eigenvalue weighted by Crippen LogP contribution is 2.29. The minimum absolute atomic E-state index is 0.447. The first kappa shape index (κ1) is 10.0. The van der Waals surface area contributed by atoms with Gasteiger partial charge in [-0.15, -0.1) is 0 Å². The highest BCUT2D eigenvalue weighted by atomic mass is 14.2. The predicted octanol–water partition coefficient (Wildman–Crippen LogP) is 3.49. The molecule has 0 aliphatic heterocycles. The number of hydrogen-bond acceptors (Lipinski definition) is 0. The monoisotopic (exact) mass is 140 g/mol. The summed E-state index contributed by atoms with van der Waals surface area (Å²) >= 11 is 0. The summed E-state index contributed by atoms with van der Waals surface area (Å²) in [6, 6.07) is 0. The Kier molecular flexibility index (Phi) is 4.00. The molecule has 2 radical (unpaired) electrons. The van der Waals surface area contributed by atoms with Crippen molar-refractivity contribution in [3.63, 3.8) is 0 Å². The van der Waals surface area contributed by atoms with Crippen LogP contribution in [0.4, 0.5) is 0 Å². The van der Waals surface area contributed by atoms with E-state index >= 15 is 0 Å². The summed E-state index contributed by atoms with van der Waals surface area (Å²) in [6.07, 6.45) is 3.47. The van der Waals surface area contributed by atoms with Gasteiger partial charge in [-0.2, -0.15) is 0 Å². The van der Waals surface area contributed by atoms with Crippen molar-refractivity contribution in [3.8, 4) is 0 Å². The molecule has 60 valence electrons. The average molecular weight is 140 g/mol. The molecule has 0 aromatic rings. The van der Waals surface area contributed by atoms with Crippen molar-refractivity contribution in [2.45, 2.75) is 40.0 Å². The van der Waals surface area contributed by atoms with E-state index in [-0.39, 0.29) is 0 Å². The maximum atomic E-state index is 3.99. The normalized spacial score (nSPS) is 12.6. The van der Waals surface area contributed by atoms with Crippen molar-refractivity contribution in [1.82, 2.24) is 0 Å². The van der Waals surface area contributed by atoms with E-state index in [2.05, 4.69) is 34.6 Å². The smallest absolute Gasteiger partial charge is 0.0352 e. The van der Waals surface area contributed by atoms with Crippen LogP contribution in [-0.2, 0) is 0 Å². The van der Waals surface area contributed by atoms with E-state index in [1.807, 2.05) is 0 Å². The minimum atomic E-state index is 0.447. The van der Waals surface area contributed by atoms with Crippen LogP contribution >= 0.6 is 0 Å². The van der Waals surface area contributed by atoms with Gasteiger partial charge in [-0.25, -0.2) is 0 Å². The zero-order chi connectivity index (χ0) is 8.20. The van der Waals surface area contributed by atoms with E-state index in [4.69, 9.17) is 0 Å². The average Bonchev–Trinajstić information content (AvgIpc) is 1.59. The molecule has 0 heterocycles. The second-order valence-corrected chi connectivity index (χ2v) is 4.08. The van der Waals surface area contributed by atoms with Crippen molar-refractivity contribution in [2.75, 3.05) is 0 Å². The summed E-state index contributed by atoms with van der Waals surface area (Å²) in [5.74, 6) is 0.571. The zero-order valence-electron chi connectivity index (χ0n) is 7.61. The van der Waals surface area contributed by atoms with Crippen molar-refractivity contribution in [3.05, 3.63) is 13.8 Å². The second-order valence-electron chi connectivity index (χ2n) is 4.08. The van der Waals surface area contributed by atoms with E-state index in [9.17, 15) is 0 Å². The molecule has 0 N–H and O–H groups in total. The molecule has 0 spiro atoms. The molecule has 0 saturated carbocycles. The lowest BCUT2D eigenvalue weighted by Gasteiger charge is -2.25. The number of rotatable bonds is 4. The topological polar surface area (TPSA) is 0 Å². The van der Waals surface area contributed by atoms with E-state index in [0.717, 1.165) is 6.42 Å². The van der Waals surface area contributed by atoms with Gasteiger partial charge >= 0.3 is 0 Å². The summed E-state index contributed by atoms with van der Waals surface area (Å²) in [5.41, 5.74) is 0.447. The van der Waals surface area contributed by atoms with Crippen molar-refractivity contribution in [2.24, 2.45) is 11.3 Å². The second kappa shape index (κ2) is 4.00. The third-order valence-corrected chi connectivity index (χ3v) is 1.75. The molecule has 1 unspecified atom stereocenters. The first-order valence-electron chi connectivity index (χ1n) is 4.10. The highest BCUT2D eigenvalue weighted by Gasteiger charge is 2.17. The molecule has 0 saturated heterocycles. The molecule has 0 nitrogen and oxygen atoms in total. The Labute approximate surface area is 66.0 Å². The lowest BCUT2D eigenvalue weighted by atomic mass is 9.80. The molecular formula is C10H20. The molecule has 10 heavy (non-hydrogen) atoms. The third-order valence-electron chi connectivity index (χ3n) is 1.75. The van der Waals surface area contributed by atoms with Crippen LogP contribution in [0.2, 0.25) is 0 Å². The van der Waals surface area contributed by atoms with Crippen molar-refractivity contribution >= 4 is 0 Å². The quantitative estimate of drug-likeness (QED) is 0.560. The lowest BCUT2D eigenvalue weighted by Crippen LogP contribution is -2.13. The van der Waals surface area contributed by atoms with Crippen LogP contribution in [0, 0.1) is 25.2 Å². The van der Waals surface area contributed by atoms with Crippen LogP contribution in [0.15, 0.2) is 0 Å². The zero-order valence-corrected chi connectivity index (χ0v) is 7.61. The fourth-order valence-corrected chi connectivity index (χ4v) is 1.52. The van der Waals surface area contributed by atoms with Crippen LogP contribution in [0.1, 0.15) is 40.0 Å². The van der Waals surface area contributed by atoms with Crippen molar-refractivity contribution < 1.29 is 0 Å². The Morgan fingerprint density at radius 1 is 1.40 bits per heavy atom. The maximum absolute atomic E-state index is 3.99. The Balaban J connectivity index is 3.63. The van der Waals surface area contributed by atoms with E-state index < -0.39 is 0 Å². The molecule has 0 aliphatic carbocycles. The molecule has 0 rings (SSSR count). The Morgan fingerprint density at radius 3 is 2.20 bits per heavy atom. The number of hydrogen-bond donors (Lipinski definition) is 0. The molecule has 0 aromatic heterocycles. The van der Waals surface area contributed by atoms with Gasteiger partial charge in [-0.1, -0.05) is 41.0 Å². The fraction of sp³-hybridized carbons (Fsp3) is 0.800. The standard InChI is InChI=1S/C10H20/c1-6-7-10(4,5)8-9(2)3/h9H,1-2,6-8H2,3-5H3. The SMILES string of the molecule is [CH2]CCC(C)(C)CC([CH2])C. The Hall–Kier alpha value is 0. The van der Waals surface area contributed by atoms with Crippen LogP contribution in [0.3, 0.4) is 0 Å². The first-order chi connectivity index (χ1) is 4.48. The predicted molar refractivity (Wildman–Crippen MR) is 47.5 cm³/mol. The molecular weight excluding hydrogens is 120 g/mol. The maximum Gasteiger partial charge on any atom is -0.0352 e. The van der Waals surface area contributed by atoms with Gasteiger partial charge in [-0.05, 0) is 24.2 Å². The van der Waals surface area contributed by atoms with Gasteiger partial charge in [0.15, 0.2) is 0 Å². The van der Waals surface area contributed by atoms with Gasteiger partial charge in [0.25, 0.3) is 0 Å². The Bertz CT molecular complexity index is 80.0. The van der Waals surface area contributed by atoms with Gasteiger partial charge in [-0.3, -0.25) is 0 Å². The van der Waals surface area contributed by atoms with Crippen LogP contribution < -0.4 is 0 Å². The van der Waals surface area contributed by atoms with Crippen LogP contribution in [-0.4, -0.2) is 0 Å². The molecule has 0 aromatic carbocycles. The van der Waals surface area contributed by atoms with E-state index in [1.54, 1.807) is 0 Å². The first-order valence-corrected chi connectivity index (χ1v) is 4.10. The third kappa shape index (κ3) is 4.84. The van der Waals surface area contributed by atoms with Gasteiger partial charge in [0.2, 0.25) is 0 Å². The summed E-state index contributed by atoms with van der Waals surface area (Å²) in [6.45, 7) is 14.6. The molecule has 0 aliphatic rings. The molecule has 0 heteroatoms. The summed E-state index contributed by atoms with van der Waals surface area (Å²) in [7, 11) is 0. The summed E-state index contributed by atoms with van der Waals surface area (Å²) in [5, 5.41) is 0. The van der Waals surface area contributed by atoms with Gasteiger partial charge < -0.3 is 0 Å². The van der Waals surface area contributed by atoms with Gasteiger partial charge in [0.05, 0.1) is 0 Å². The van der Waals surface area contributed by atoms with Crippen LogP contribution in [0.5, 0.6) is 0 Å². The van der Waals surface area contributed by atoms with Crippen LogP contribution in [0.25, 0.3) is 0 Å². The summed E-state index contributed by atoms with van der Waals surface area (Å²) < 4.78 is 0. The highest BCUT2D eigenvalue weighted by molar-refractivity contribution is 4.72. The Morgan fingerprint density at radius 2 is 1.90 bits per heavy atom. The largest absolute Gasteiger partial charge is 0.0625 e. The fourth-order valence-electron chi connectivity index (χ4n) is 1.52. The van der Waals surface area contributed by atoms with E-state index in [1.165, 1.54) is 12.8 Å². The van der Waals surface area contributed by atoms with E-state index in [0.29, 0.717) is 11.3 Å². The molecule has 1 atom stereocenters. The van der Waals surface area contributed by atoms with Gasteiger partial charge in [0.1, 0.15) is 0 Å². The molecule has 0 amide bonds. The molecule has 0 bridgehead atoms. The summed E-state index contributed by atoms with van der Waals surface area (Å²) in [4.78, 5) is 0. The van der Waals surface area contributed by atoms with Gasteiger partial charge in [0, 0.05) is 0 Å². The van der Waals surface area contributed by atoms with Crippen molar-refractivity contribution in [1.29, 1.82) is 0 Å².